The predicted molar refractivity (Wildman–Crippen MR) is 102 cm³/mol. The zero-order valence-corrected chi connectivity index (χ0v) is 14.7. The van der Waals surface area contributed by atoms with Crippen LogP contribution in [0.25, 0.3) is 16.8 Å². The molecule has 128 valence electrons. The van der Waals surface area contributed by atoms with E-state index in [1.54, 1.807) is 0 Å². The molecule has 0 spiro atoms. The number of ether oxygens (including phenoxy) is 1. The lowest BCUT2D eigenvalue weighted by atomic mass is 10.0. The van der Waals surface area contributed by atoms with Crippen LogP contribution in [0, 0.1) is 0 Å². The van der Waals surface area contributed by atoms with E-state index in [0.717, 1.165) is 19.3 Å². The second-order valence-electron chi connectivity index (χ2n) is 6.08. The van der Waals surface area contributed by atoms with Crippen LogP contribution >= 0.6 is 0 Å². The molecule has 0 saturated carbocycles. The van der Waals surface area contributed by atoms with Crippen LogP contribution in [-0.2, 0) is 9.53 Å². The summed E-state index contributed by atoms with van der Waals surface area (Å²) in [6.45, 7) is 2.34. The Bertz CT molecular complexity index is 653. The molecule has 0 N–H and O–H groups in total. The summed E-state index contributed by atoms with van der Waals surface area (Å²) in [5.74, 6) is -0.0597. The van der Waals surface area contributed by atoms with Crippen molar-refractivity contribution in [3.05, 3.63) is 54.1 Å². The van der Waals surface area contributed by atoms with Gasteiger partial charge in [0.1, 0.15) is 0 Å². The van der Waals surface area contributed by atoms with E-state index in [9.17, 15) is 4.79 Å². The molecule has 0 heterocycles. The average molecular weight is 324 g/mol. The first-order valence-corrected chi connectivity index (χ1v) is 9.11. The van der Waals surface area contributed by atoms with E-state index in [1.165, 1.54) is 35.6 Å². The maximum absolute atomic E-state index is 11.2. The van der Waals surface area contributed by atoms with E-state index in [-0.39, 0.29) is 5.97 Å². The fourth-order valence-corrected chi connectivity index (χ4v) is 2.90. The highest BCUT2D eigenvalue weighted by Crippen LogP contribution is 2.20. The number of unbranched alkanes of at least 4 members (excludes halogenated alkanes) is 5. The van der Waals surface area contributed by atoms with Gasteiger partial charge in [-0.25, -0.2) is 0 Å². The van der Waals surface area contributed by atoms with Crippen molar-refractivity contribution < 1.29 is 9.53 Å². The minimum Gasteiger partial charge on any atom is -0.466 e. The minimum atomic E-state index is -0.0597. The van der Waals surface area contributed by atoms with E-state index in [0.29, 0.717) is 13.0 Å². The van der Waals surface area contributed by atoms with Crippen molar-refractivity contribution in [1.29, 1.82) is 0 Å². The molecule has 0 aliphatic heterocycles. The molecule has 2 heteroatoms. The van der Waals surface area contributed by atoms with Gasteiger partial charge in [-0.3, -0.25) is 4.79 Å². The van der Waals surface area contributed by atoms with Crippen LogP contribution in [0.4, 0.5) is 0 Å². The molecule has 0 bridgehead atoms. The zero-order chi connectivity index (χ0) is 17.0. The molecule has 2 nitrogen and oxygen atoms in total. The number of carbonyl (C=O) groups is 1. The molecule has 2 aromatic carbocycles. The van der Waals surface area contributed by atoms with Crippen LogP contribution in [0.5, 0.6) is 0 Å². The molecule has 0 radical (unpaired) electrons. The van der Waals surface area contributed by atoms with Crippen molar-refractivity contribution in [3.63, 3.8) is 0 Å². The summed E-state index contributed by atoms with van der Waals surface area (Å²) < 4.78 is 4.93. The van der Waals surface area contributed by atoms with Crippen LogP contribution in [-0.4, -0.2) is 12.6 Å². The SMILES string of the molecule is CCOC(=O)CCCCCCCC=Cc1cccc2ccccc12. The number of benzene rings is 2. The number of fused-ring (bicyclic) bond motifs is 1. The fourth-order valence-electron chi connectivity index (χ4n) is 2.90. The second kappa shape index (κ2) is 10.6. The average Bonchev–Trinajstić information content (AvgIpc) is 2.60. The van der Waals surface area contributed by atoms with Gasteiger partial charge in [0.05, 0.1) is 6.61 Å². The van der Waals surface area contributed by atoms with Gasteiger partial charge in [-0.1, -0.05) is 73.9 Å². The third-order valence-electron chi connectivity index (χ3n) is 4.18. The Balaban J connectivity index is 1.62. The highest BCUT2D eigenvalue weighted by Gasteiger charge is 2.00. The van der Waals surface area contributed by atoms with E-state index in [1.807, 2.05) is 6.92 Å². The first-order valence-electron chi connectivity index (χ1n) is 9.11. The van der Waals surface area contributed by atoms with Crippen molar-refractivity contribution in [3.8, 4) is 0 Å². The third kappa shape index (κ3) is 6.19. The maximum Gasteiger partial charge on any atom is 0.305 e. The van der Waals surface area contributed by atoms with E-state index >= 15 is 0 Å². The number of allylic oxidation sites excluding steroid dienone is 1. The smallest absolute Gasteiger partial charge is 0.305 e. The molecular weight excluding hydrogens is 296 g/mol. The van der Waals surface area contributed by atoms with Crippen molar-refractivity contribution in [2.45, 2.75) is 51.9 Å². The van der Waals surface area contributed by atoms with Crippen LogP contribution in [0.2, 0.25) is 0 Å². The number of hydrogen-bond donors (Lipinski definition) is 0. The molecule has 0 unspecified atom stereocenters. The largest absolute Gasteiger partial charge is 0.466 e. The Kier molecular flexibility index (Phi) is 8.09. The number of carbonyl (C=O) groups excluding carboxylic acids is 1. The second-order valence-corrected chi connectivity index (χ2v) is 6.08. The highest BCUT2D eigenvalue weighted by atomic mass is 16.5. The molecule has 2 rings (SSSR count). The minimum absolute atomic E-state index is 0.0597. The van der Waals surface area contributed by atoms with Crippen LogP contribution in [0.15, 0.2) is 48.5 Å². The molecular formula is C22H28O2. The monoisotopic (exact) mass is 324 g/mol. The van der Waals surface area contributed by atoms with Gasteiger partial charge in [0.15, 0.2) is 0 Å². The summed E-state index contributed by atoms with van der Waals surface area (Å²) in [7, 11) is 0. The number of rotatable bonds is 10. The molecule has 0 aliphatic rings. The third-order valence-corrected chi connectivity index (χ3v) is 4.18. The van der Waals surface area contributed by atoms with Crippen LogP contribution in [0.3, 0.4) is 0 Å². The van der Waals surface area contributed by atoms with Crippen molar-refractivity contribution in [2.75, 3.05) is 6.61 Å². The van der Waals surface area contributed by atoms with Crippen molar-refractivity contribution in [1.82, 2.24) is 0 Å². The topological polar surface area (TPSA) is 26.3 Å². The molecule has 0 fully saturated rings. The summed E-state index contributed by atoms with van der Waals surface area (Å²) in [5.41, 5.74) is 1.29. The Morgan fingerprint density at radius 1 is 0.958 bits per heavy atom. The van der Waals surface area contributed by atoms with Gasteiger partial charge >= 0.3 is 5.97 Å². The van der Waals surface area contributed by atoms with Gasteiger partial charge in [0.2, 0.25) is 0 Å². The molecule has 0 saturated heterocycles. The van der Waals surface area contributed by atoms with Gasteiger partial charge in [-0.05, 0) is 42.5 Å². The van der Waals surface area contributed by atoms with Gasteiger partial charge in [0.25, 0.3) is 0 Å². The first-order chi connectivity index (χ1) is 11.8. The summed E-state index contributed by atoms with van der Waals surface area (Å²) in [6.07, 6.45) is 11.9. The lowest BCUT2D eigenvalue weighted by Gasteiger charge is -2.02. The summed E-state index contributed by atoms with van der Waals surface area (Å²) in [4.78, 5) is 11.2. The fraction of sp³-hybridized carbons (Fsp3) is 0.409. The molecule has 0 aromatic heterocycles. The Morgan fingerprint density at radius 3 is 2.58 bits per heavy atom. The van der Waals surface area contributed by atoms with Crippen LogP contribution in [0.1, 0.15) is 57.4 Å². The lowest BCUT2D eigenvalue weighted by molar-refractivity contribution is -0.143. The standard InChI is InChI=1S/C22H28O2/c1-2-24-22(23)18-9-7-5-3-4-6-8-13-19-15-12-16-20-14-10-11-17-21(19)20/h8,10-17H,2-7,9,18H2,1H3. The zero-order valence-electron chi connectivity index (χ0n) is 14.7. The Hall–Kier alpha value is -2.09. The molecule has 0 aliphatic carbocycles. The molecule has 0 amide bonds. The Morgan fingerprint density at radius 2 is 1.71 bits per heavy atom. The summed E-state index contributed by atoms with van der Waals surface area (Å²) in [5, 5.41) is 2.61. The van der Waals surface area contributed by atoms with Gasteiger partial charge in [-0.15, -0.1) is 0 Å². The first kappa shape index (κ1) is 18.3. The van der Waals surface area contributed by atoms with Crippen LogP contribution < -0.4 is 0 Å². The molecule has 2 aromatic rings. The normalized spacial score (nSPS) is 11.2. The lowest BCUT2D eigenvalue weighted by Crippen LogP contribution is -2.03. The predicted octanol–water partition coefficient (Wildman–Crippen LogP) is 6.15. The number of hydrogen-bond acceptors (Lipinski definition) is 2. The number of esters is 1. The molecule has 24 heavy (non-hydrogen) atoms. The Labute approximate surface area is 145 Å². The van der Waals surface area contributed by atoms with Gasteiger partial charge in [-0.2, -0.15) is 0 Å². The van der Waals surface area contributed by atoms with E-state index < -0.39 is 0 Å². The van der Waals surface area contributed by atoms with Crippen molar-refractivity contribution >= 4 is 22.8 Å². The summed E-state index contributed by atoms with van der Waals surface area (Å²) in [6, 6.07) is 15.0. The maximum atomic E-state index is 11.2. The van der Waals surface area contributed by atoms with Crippen molar-refractivity contribution in [2.24, 2.45) is 0 Å². The van der Waals surface area contributed by atoms with E-state index in [4.69, 9.17) is 4.74 Å². The van der Waals surface area contributed by atoms with Gasteiger partial charge < -0.3 is 4.74 Å². The summed E-state index contributed by atoms with van der Waals surface area (Å²) >= 11 is 0. The van der Waals surface area contributed by atoms with E-state index in [2.05, 4.69) is 54.6 Å². The molecule has 0 atom stereocenters. The quantitative estimate of drug-likeness (QED) is 0.387. The van der Waals surface area contributed by atoms with Gasteiger partial charge in [0, 0.05) is 6.42 Å². The highest BCUT2D eigenvalue weighted by molar-refractivity contribution is 5.90.